The molecule has 1 unspecified atom stereocenters. The fourth-order valence-electron chi connectivity index (χ4n) is 2.79. The van der Waals surface area contributed by atoms with Crippen molar-refractivity contribution < 1.29 is 14.6 Å². The minimum atomic E-state index is -0.684. The number of hydrazine groups is 1. The molecular weight excluding hydrogens is 384 g/mol. The molecule has 1 heterocycles. The molecule has 0 fully saturated rings. The maximum atomic E-state index is 12.0. The smallest absolute Gasteiger partial charge is 0.224 e. The lowest BCUT2D eigenvalue weighted by molar-refractivity contribution is -0.116. The van der Waals surface area contributed by atoms with E-state index < -0.39 is 6.23 Å². The molecule has 0 aliphatic heterocycles. The number of nitrogens with two attached hydrogens (primary N) is 1. The van der Waals surface area contributed by atoms with E-state index in [0.29, 0.717) is 48.0 Å². The Hall–Kier alpha value is -2.75. The maximum Gasteiger partial charge on any atom is 0.224 e. The van der Waals surface area contributed by atoms with Crippen LogP contribution in [-0.4, -0.2) is 39.6 Å². The molecule has 1 amide bonds. The van der Waals surface area contributed by atoms with Crippen LogP contribution < -0.4 is 26.6 Å². The summed E-state index contributed by atoms with van der Waals surface area (Å²) in [7, 11) is 0. The van der Waals surface area contributed by atoms with Crippen molar-refractivity contribution in [3.05, 3.63) is 30.3 Å². The number of rotatable bonds is 10. The number of benzene rings is 1. The van der Waals surface area contributed by atoms with Gasteiger partial charge < -0.3 is 20.6 Å². The number of aliphatic hydroxyl groups is 1. The van der Waals surface area contributed by atoms with Gasteiger partial charge >= 0.3 is 0 Å². The van der Waals surface area contributed by atoms with Gasteiger partial charge in [0.1, 0.15) is 12.0 Å². The van der Waals surface area contributed by atoms with Gasteiger partial charge in [-0.1, -0.05) is 6.92 Å². The number of carbonyl (C=O) groups is 1. The van der Waals surface area contributed by atoms with Gasteiger partial charge in [-0.05, 0) is 57.5 Å². The third-order valence-electron chi connectivity index (χ3n) is 4.08. The van der Waals surface area contributed by atoms with Crippen molar-refractivity contribution in [2.75, 3.05) is 17.3 Å². The van der Waals surface area contributed by atoms with Crippen molar-refractivity contribution in [1.29, 1.82) is 0 Å². The summed E-state index contributed by atoms with van der Waals surface area (Å²) >= 11 is 0. The lowest BCUT2D eigenvalue weighted by atomic mass is 10.1. The molecule has 6 N–H and O–H groups in total. The van der Waals surface area contributed by atoms with E-state index in [1.165, 1.54) is 0 Å². The lowest BCUT2D eigenvalue weighted by Crippen LogP contribution is -2.44. The number of amides is 1. The normalized spacial score (nSPS) is 12.3. The second-order valence-electron chi connectivity index (χ2n) is 8.00. The van der Waals surface area contributed by atoms with E-state index >= 15 is 0 Å². The second kappa shape index (κ2) is 10.9. The predicted octanol–water partition coefficient (Wildman–Crippen LogP) is 2.64. The second-order valence-corrected chi connectivity index (χ2v) is 8.00. The third kappa shape index (κ3) is 7.58. The molecule has 1 aromatic heterocycles. The van der Waals surface area contributed by atoms with Crippen molar-refractivity contribution in [1.82, 2.24) is 15.5 Å². The minimum Gasteiger partial charge on any atom is -0.493 e. The summed E-state index contributed by atoms with van der Waals surface area (Å²) < 4.78 is 5.92. The zero-order valence-electron chi connectivity index (χ0n) is 18.0. The van der Waals surface area contributed by atoms with Gasteiger partial charge in [0.15, 0.2) is 5.82 Å². The van der Waals surface area contributed by atoms with Crippen LogP contribution in [-0.2, 0) is 4.79 Å². The number of carbonyl (C=O) groups excluding carboxylic acids is 1. The summed E-state index contributed by atoms with van der Waals surface area (Å²) in [6.07, 6.45) is 0.941. The van der Waals surface area contributed by atoms with Crippen LogP contribution in [0.5, 0.6) is 5.75 Å². The Kier molecular flexibility index (Phi) is 8.52. The molecule has 164 valence electrons. The number of ether oxygens (including phenoxy) is 1. The largest absolute Gasteiger partial charge is 0.493 e. The molecule has 0 radical (unpaired) electrons. The Morgan fingerprint density at radius 2 is 2.00 bits per heavy atom. The van der Waals surface area contributed by atoms with Gasteiger partial charge in [-0.15, -0.1) is 10.2 Å². The molecule has 0 aliphatic rings. The number of aromatic nitrogens is 2. The van der Waals surface area contributed by atoms with Gasteiger partial charge in [0.25, 0.3) is 0 Å². The van der Waals surface area contributed by atoms with Crippen LogP contribution in [0.15, 0.2) is 30.3 Å². The van der Waals surface area contributed by atoms with Crippen LogP contribution in [0, 0.1) is 0 Å². The zero-order valence-corrected chi connectivity index (χ0v) is 18.0. The average Bonchev–Trinajstić information content (AvgIpc) is 2.68. The van der Waals surface area contributed by atoms with Crippen molar-refractivity contribution in [3.8, 4) is 17.0 Å². The van der Waals surface area contributed by atoms with Gasteiger partial charge in [0, 0.05) is 29.6 Å². The highest BCUT2D eigenvalue weighted by Crippen LogP contribution is 2.32. The molecule has 9 heteroatoms. The summed E-state index contributed by atoms with van der Waals surface area (Å²) in [5, 5.41) is 24.3. The van der Waals surface area contributed by atoms with Gasteiger partial charge in [-0.2, -0.15) is 0 Å². The molecule has 9 nitrogen and oxygen atoms in total. The van der Waals surface area contributed by atoms with Gasteiger partial charge in [0.2, 0.25) is 5.91 Å². The molecule has 2 aromatic rings. The summed E-state index contributed by atoms with van der Waals surface area (Å²) in [5.74, 6) is 6.32. The molecule has 0 aliphatic carbocycles. The highest BCUT2D eigenvalue weighted by molar-refractivity contribution is 5.91. The Morgan fingerprint density at radius 1 is 1.23 bits per heavy atom. The van der Waals surface area contributed by atoms with Crippen LogP contribution in [0.25, 0.3) is 11.3 Å². The van der Waals surface area contributed by atoms with E-state index in [1.54, 1.807) is 30.3 Å². The summed E-state index contributed by atoms with van der Waals surface area (Å²) in [6.45, 7) is 8.21. The zero-order chi connectivity index (χ0) is 22.1. The number of nitrogens with one attached hydrogen (secondary N) is 3. The Morgan fingerprint density at radius 3 is 2.60 bits per heavy atom. The summed E-state index contributed by atoms with van der Waals surface area (Å²) in [4.78, 5) is 12.0. The van der Waals surface area contributed by atoms with E-state index in [1.807, 2.05) is 27.7 Å². The molecule has 30 heavy (non-hydrogen) atoms. The Balaban J connectivity index is 2.19. The lowest BCUT2D eigenvalue weighted by Gasteiger charge is -2.25. The number of nitrogen functional groups attached to an aromatic ring is 1. The number of aliphatic hydroxyl groups excluding tert-OH is 1. The highest BCUT2D eigenvalue weighted by atomic mass is 16.5. The molecule has 0 bridgehead atoms. The standard InChI is InChI=1S/C21H32N6O3/c1-5-6-19(28)23-14-7-9-17(30-12-11-20(29)24-21(2,3)4)15(13-14)16-8-10-18(25-22)27-26-16/h7-10,13,20,24,29H,5-6,11-12,22H2,1-4H3,(H,23,28)(H,25,27). The highest BCUT2D eigenvalue weighted by Gasteiger charge is 2.16. The van der Waals surface area contributed by atoms with Gasteiger partial charge in [0.05, 0.1) is 12.3 Å². The molecule has 2 rings (SSSR count). The van der Waals surface area contributed by atoms with Crippen LogP contribution in [0.3, 0.4) is 0 Å². The minimum absolute atomic E-state index is 0.0535. The molecule has 0 spiro atoms. The number of hydrogen-bond acceptors (Lipinski definition) is 8. The molecule has 1 atom stereocenters. The fraction of sp³-hybridized carbons (Fsp3) is 0.476. The van der Waals surface area contributed by atoms with Gasteiger partial charge in [-0.3, -0.25) is 10.1 Å². The van der Waals surface area contributed by atoms with Crippen molar-refractivity contribution in [2.45, 2.75) is 58.7 Å². The monoisotopic (exact) mass is 416 g/mol. The SMILES string of the molecule is CCCC(=O)Nc1ccc(OCCC(O)NC(C)(C)C)c(-c2ccc(NN)nn2)c1. The molecule has 0 saturated heterocycles. The van der Waals surface area contributed by atoms with E-state index in [9.17, 15) is 9.90 Å². The number of anilines is 2. The topological polar surface area (TPSA) is 134 Å². The van der Waals surface area contributed by atoms with Crippen molar-refractivity contribution >= 4 is 17.4 Å². The van der Waals surface area contributed by atoms with Crippen LogP contribution >= 0.6 is 0 Å². The van der Waals surface area contributed by atoms with Gasteiger partial charge in [-0.25, -0.2) is 5.84 Å². The molecule has 1 aromatic carbocycles. The van der Waals surface area contributed by atoms with Crippen LogP contribution in [0.1, 0.15) is 47.0 Å². The first kappa shape index (κ1) is 23.5. The Bertz CT molecular complexity index is 820. The average molecular weight is 417 g/mol. The first-order chi connectivity index (χ1) is 14.2. The summed E-state index contributed by atoms with van der Waals surface area (Å²) in [5.41, 5.74) is 4.14. The predicted molar refractivity (Wildman–Crippen MR) is 118 cm³/mol. The van der Waals surface area contributed by atoms with Crippen molar-refractivity contribution in [2.24, 2.45) is 5.84 Å². The van der Waals surface area contributed by atoms with Crippen molar-refractivity contribution in [3.63, 3.8) is 0 Å². The van der Waals surface area contributed by atoms with E-state index in [2.05, 4.69) is 26.3 Å². The number of hydrogen-bond donors (Lipinski definition) is 5. The summed E-state index contributed by atoms with van der Waals surface area (Å²) in [6, 6.07) is 8.81. The van der Waals surface area contributed by atoms with E-state index in [4.69, 9.17) is 10.6 Å². The van der Waals surface area contributed by atoms with E-state index in [0.717, 1.165) is 6.42 Å². The number of nitrogens with zero attached hydrogens (tertiary/aromatic N) is 2. The first-order valence-corrected chi connectivity index (χ1v) is 10.0. The van der Waals surface area contributed by atoms with Crippen LogP contribution in [0.2, 0.25) is 0 Å². The molecular formula is C21H32N6O3. The fourth-order valence-corrected chi connectivity index (χ4v) is 2.79. The third-order valence-corrected chi connectivity index (χ3v) is 4.08. The first-order valence-electron chi connectivity index (χ1n) is 10.0. The quantitative estimate of drug-likeness (QED) is 0.227. The maximum absolute atomic E-state index is 12.0. The molecule has 0 saturated carbocycles. The van der Waals surface area contributed by atoms with E-state index in [-0.39, 0.29) is 11.4 Å². The Labute approximate surface area is 177 Å². The van der Waals surface area contributed by atoms with Crippen LogP contribution in [0.4, 0.5) is 11.5 Å².